The molecule has 6 heteroatoms. The van der Waals surface area contributed by atoms with Crippen LogP contribution in [0.2, 0.25) is 0 Å². The van der Waals surface area contributed by atoms with Crippen molar-refractivity contribution in [2.75, 3.05) is 11.9 Å². The summed E-state index contributed by atoms with van der Waals surface area (Å²) in [7, 11) is 0. The fourth-order valence-corrected chi connectivity index (χ4v) is 0.733. The van der Waals surface area contributed by atoms with Crippen molar-refractivity contribution in [2.24, 2.45) is 5.11 Å². The summed E-state index contributed by atoms with van der Waals surface area (Å²) in [5.41, 5.74) is 8.53. The van der Waals surface area contributed by atoms with Crippen LogP contribution in [0.25, 0.3) is 10.4 Å². The molecule has 1 heterocycles. The minimum atomic E-state index is -0.356. The molecule has 66 valence electrons. The second-order valence-corrected chi connectivity index (χ2v) is 2.18. The molecule has 0 aliphatic heterocycles. The van der Waals surface area contributed by atoms with E-state index in [9.17, 15) is 4.79 Å². The Morgan fingerprint density at radius 3 is 3.23 bits per heavy atom. The number of carbonyl (C=O) groups is 1. The number of aromatic nitrogens is 1. The van der Waals surface area contributed by atoms with E-state index in [4.69, 9.17) is 5.53 Å². The molecule has 0 spiro atoms. The van der Waals surface area contributed by atoms with Gasteiger partial charge in [-0.1, -0.05) is 5.11 Å². The van der Waals surface area contributed by atoms with Crippen molar-refractivity contribution >= 4 is 11.6 Å². The third kappa shape index (κ3) is 3.22. The molecule has 13 heavy (non-hydrogen) atoms. The molecule has 0 aliphatic rings. The standard InChI is InChI=1S/C7H7N5O/c8-12-10-5-7(13)11-6-2-1-3-9-4-6/h1-4H,5H2,(H,11,13). The van der Waals surface area contributed by atoms with Crippen LogP contribution in [0.4, 0.5) is 5.69 Å². The van der Waals surface area contributed by atoms with Crippen molar-refractivity contribution < 1.29 is 4.79 Å². The zero-order chi connectivity index (χ0) is 9.52. The predicted molar refractivity (Wildman–Crippen MR) is 46.9 cm³/mol. The van der Waals surface area contributed by atoms with E-state index in [2.05, 4.69) is 20.3 Å². The molecule has 1 rings (SSSR count). The number of nitrogens with zero attached hydrogens (tertiary/aromatic N) is 4. The average molecular weight is 177 g/mol. The lowest BCUT2D eigenvalue weighted by atomic mass is 10.4. The lowest BCUT2D eigenvalue weighted by molar-refractivity contribution is -0.114. The zero-order valence-electron chi connectivity index (χ0n) is 6.71. The van der Waals surface area contributed by atoms with Gasteiger partial charge in [-0.05, 0) is 17.7 Å². The highest BCUT2D eigenvalue weighted by atomic mass is 16.1. The number of anilines is 1. The van der Waals surface area contributed by atoms with Crippen LogP contribution in [0, 0.1) is 0 Å². The molecule has 0 saturated carbocycles. The van der Waals surface area contributed by atoms with Gasteiger partial charge in [0.1, 0.15) is 6.54 Å². The van der Waals surface area contributed by atoms with Crippen LogP contribution in [-0.4, -0.2) is 17.4 Å². The highest BCUT2D eigenvalue weighted by Gasteiger charge is 1.98. The van der Waals surface area contributed by atoms with Crippen molar-refractivity contribution in [3.05, 3.63) is 35.0 Å². The van der Waals surface area contributed by atoms with Gasteiger partial charge in [0.2, 0.25) is 5.91 Å². The summed E-state index contributed by atoms with van der Waals surface area (Å²) < 4.78 is 0. The van der Waals surface area contributed by atoms with Gasteiger partial charge in [-0.3, -0.25) is 9.78 Å². The number of nitrogens with one attached hydrogen (secondary N) is 1. The molecule has 0 aliphatic carbocycles. The lowest BCUT2D eigenvalue weighted by Gasteiger charge is -2.00. The van der Waals surface area contributed by atoms with Gasteiger partial charge in [-0.15, -0.1) is 0 Å². The first-order valence-electron chi connectivity index (χ1n) is 3.53. The van der Waals surface area contributed by atoms with Crippen LogP contribution in [-0.2, 0) is 4.79 Å². The molecule has 0 radical (unpaired) electrons. The summed E-state index contributed by atoms with van der Waals surface area (Å²) in [6, 6.07) is 3.39. The topological polar surface area (TPSA) is 90.8 Å². The molecule has 0 saturated heterocycles. The summed E-state index contributed by atoms with van der Waals surface area (Å²) in [6.45, 7) is -0.203. The zero-order valence-corrected chi connectivity index (χ0v) is 6.71. The largest absolute Gasteiger partial charge is 0.325 e. The maximum Gasteiger partial charge on any atom is 0.230 e. The molecule has 0 unspecified atom stereocenters. The van der Waals surface area contributed by atoms with E-state index in [0.717, 1.165) is 0 Å². The molecular formula is C7H7N5O. The quantitative estimate of drug-likeness (QED) is 0.428. The second-order valence-electron chi connectivity index (χ2n) is 2.18. The normalized spacial score (nSPS) is 8.62. The summed E-state index contributed by atoms with van der Waals surface area (Å²) in [4.78, 5) is 17.2. The van der Waals surface area contributed by atoms with E-state index in [-0.39, 0.29) is 12.5 Å². The number of pyridine rings is 1. The summed E-state index contributed by atoms with van der Waals surface area (Å²) in [5.74, 6) is -0.356. The molecule has 0 atom stereocenters. The summed E-state index contributed by atoms with van der Waals surface area (Å²) >= 11 is 0. The number of amides is 1. The first kappa shape index (κ1) is 9.02. The Morgan fingerprint density at radius 2 is 2.62 bits per heavy atom. The van der Waals surface area contributed by atoms with Gasteiger partial charge < -0.3 is 5.32 Å². The van der Waals surface area contributed by atoms with Gasteiger partial charge in [-0.25, -0.2) is 0 Å². The maximum absolute atomic E-state index is 11.0. The van der Waals surface area contributed by atoms with E-state index in [1.54, 1.807) is 18.3 Å². The van der Waals surface area contributed by atoms with Crippen LogP contribution in [0.1, 0.15) is 0 Å². The molecule has 0 bridgehead atoms. The minimum absolute atomic E-state index is 0.203. The van der Waals surface area contributed by atoms with E-state index in [0.29, 0.717) is 5.69 Å². The fourth-order valence-electron chi connectivity index (χ4n) is 0.733. The van der Waals surface area contributed by atoms with Gasteiger partial charge in [0.15, 0.2) is 0 Å². The summed E-state index contributed by atoms with van der Waals surface area (Å²) in [6.07, 6.45) is 3.11. The van der Waals surface area contributed by atoms with Crippen LogP contribution in [0.3, 0.4) is 0 Å². The smallest absolute Gasteiger partial charge is 0.230 e. The van der Waals surface area contributed by atoms with Gasteiger partial charge in [0.05, 0.1) is 11.9 Å². The van der Waals surface area contributed by atoms with Gasteiger partial charge in [0, 0.05) is 11.1 Å². The van der Waals surface area contributed by atoms with Crippen LogP contribution >= 0.6 is 0 Å². The second kappa shape index (κ2) is 4.74. The van der Waals surface area contributed by atoms with Crippen LogP contribution < -0.4 is 5.32 Å². The molecule has 0 fully saturated rings. The molecule has 1 amide bonds. The fraction of sp³-hybridized carbons (Fsp3) is 0.143. The van der Waals surface area contributed by atoms with E-state index in [1.807, 2.05) is 0 Å². The Bertz CT molecular complexity index is 330. The van der Waals surface area contributed by atoms with E-state index >= 15 is 0 Å². The Morgan fingerprint density at radius 1 is 1.77 bits per heavy atom. The van der Waals surface area contributed by atoms with E-state index in [1.165, 1.54) is 6.20 Å². The average Bonchev–Trinajstić information content (AvgIpc) is 2.16. The first-order chi connectivity index (χ1) is 6.33. The molecule has 1 aromatic rings. The molecule has 1 aromatic heterocycles. The van der Waals surface area contributed by atoms with Crippen LogP contribution in [0.5, 0.6) is 0 Å². The molecule has 1 N–H and O–H groups in total. The molecular weight excluding hydrogens is 170 g/mol. The van der Waals surface area contributed by atoms with Gasteiger partial charge >= 0.3 is 0 Å². The lowest BCUT2D eigenvalue weighted by Crippen LogP contribution is -2.14. The van der Waals surface area contributed by atoms with Crippen molar-refractivity contribution in [3.8, 4) is 0 Å². The first-order valence-corrected chi connectivity index (χ1v) is 3.53. The van der Waals surface area contributed by atoms with Gasteiger partial charge in [0.25, 0.3) is 0 Å². The molecule has 0 aromatic carbocycles. The Kier molecular flexibility index (Phi) is 3.29. The highest BCUT2D eigenvalue weighted by molar-refractivity contribution is 5.92. The Labute approximate surface area is 74.2 Å². The predicted octanol–water partition coefficient (Wildman–Crippen LogP) is 1.33. The SMILES string of the molecule is [N-]=[N+]=NCC(=O)Nc1cccnc1. The number of hydrogen-bond donors (Lipinski definition) is 1. The third-order valence-electron chi connectivity index (χ3n) is 1.22. The van der Waals surface area contributed by atoms with Gasteiger partial charge in [-0.2, -0.15) is 0 Å². The highest BCUT2D eigenvalue weighted by Crippen LogP contribution is 2.01. The van der Waals surface area contributed by atoms with Crippen molar-refractivity contribution in [1.82, 2.24) is 4.98 Å². The summed E-state index contributed by atoms with van der Waals surface area (Å²) in [5, 5.41) is 5.63. The Balaban J connectivity index is 2.50. The Hall–Kier alpha value is -2.07. The van der Waals surface area contributed by atoms with Crippen molar-refractivity contribution in [2.45, 2.75) is 0 Å². The minimum Gasteiger partial charge on any atom is -0.325 e. The third-order valence-corrected chi connectivity index (χ3v) is 1.22. The number of hydrogen-bond acceptors (Lipinski definition) is 3. The monoisotopic (exact) mass is 177 g/mol. The number of rotatable bonds is 3. The van der Waals surface area contributed by atoms with Crippen LogP contribution in [0.15, 0.2) is 29.6 Å². The van der Waals surface area contributed by atoms with E-state index < -0.39 is 0 Å². The van der Waals surface area contributed by atoms with Crippen molar-refractivity contribution in [3.63, 3.8) is 0 Å². The number of azide groups is 1. The van der Waals surface area contributed by atoms with Crippen molar-refractivity contribution in [1.29, 1.82) is 0 Å². The number of carbonyl (C=O) groups excluding carboxylic acids is 1. The molecule has 6 nitrogen and oxygen atoms in total. The maximum atomic E-state index is 11.0.